The first-order valence-corrected chi connectivity index (χ1v) is 4.44. The van der Waals surface area contributed by atoms with Crippen LogP contribution in [0.1, 0.15) is 20.3 Å². The fourth-order valence-corrected chi connectivity index (χ4v) is 1.70. The summed E-state index contributed by atoms with van der Waals surface area (Å²) in [5.74, 6) is 2.26. The Morgan fingerprint density at radius 1 is 1.55 bits per heavy atom. The molecule has 2 nitrogen and oxygen atoms in total. The second kappa shape index (κ2) is 4.07. The smallest absolute Gasteiger partial charge is 0.00384 e. The molecule has 1 aliphatic rings. The van der Waals surface area contributed by atoms with E-state index in [-0.39, 0.29) is 0 Å². The lowest BCUT2D eigenvalue weighted by atomic mass is 10.1. The number of rotatable bonds is 3. The van der Waals surface area contributed by atoms with Crippen LogP contribution in [0.2, 0.25) is 0 Å². The molecule has 0 saturated carbocycles. The minimum absolute atomic E-state index is 0.759. The summed E-state index contributed by atoms with van der Waals surface area (Å²) in [6.07, 6.45) is 1.30. The SMILES string of the molecule is C[C](C)CN1CC[C@@H](CN)C1. The van der Waals surface area contributed by atoms with Gasteiger partial charge in [-0.05, 0) is 31.3 Å². The van der Waals surface area contributed by atoms with Gasteiger partial charge in [-0.15, -0.1) is 0 Å². The summed E-state index contributed by atoms with van der Waals surface area (Å²) in [5.41, 5.74) is 5.59. The lowest BCUT2D eigenvalue weighted by Crippen LogP contribution is -2.26. The van der Waals surface area contributed by atoms with Gasteiger partial charge in [-0.3, -0.25) is 0 Å². The van der Waals surface area contributed by atoms with Gasteiger partial charge >= 0.3 is 0 Å². The predicted molar refractivity (Wildman–Crippen MR) is 48.2 cm³/mol. The summed E-state index contributed by atoms with van der Waals surface area (Å²) in [4.78, 5) is 2.49. The van der Waals surface area contributed by atoms with Crippen molar-refractivity contribution in [2.45, 2.75) is 20.3 Å². The first-order chi connectivity index (χ1) is 5.22. The molecular weight excluding hydrogens is 136 g/mol. The van der Waals surface area contributed by atoms with Gasteiger partial charge in [0.2, 0.25) is 0 Å². The van der Waals surface area contributed by atoms with Crippen LogP contribution in [0.3, 0.4) is 0 Å². The van der Waals surface area contributed by atoms with Crippen molar-refractivity contribution in [1.29, 1.82) is 0 Å². The third kappa shape index (κ3) is 2.80. The summed E-state index contributed by atoms with van der Waals surface area (Å²) in [5, 5.41) is 0. The van der Waals surface area contributed by atoms with Crippen molar-refractivity contribution in [1.82, 2.24) is 4.90 Å². The van der Waals surface area contributed by atoms with Crippen LogP contribution in [0, 0.1) is 11.8 Å². The summed E-state index contributed by atoms with van der Waals surface area (Å²) in [6, 6.07) is 0. The number of likely N-dealkylation sites (tertiary alicyclic amines) is 1. The van der Waals surface area contributed by atoms with Crippen molar-refractivity contribution in [3.05, 3.63) is 5.92 Å². The van der Waals surface area contributed by atoms with Crippen LogP contribution in [0.5, 0.6) is 0 Å². The molecule has 0 amide bonds. The Hall–Kier alpha value is -0.0800. The summed E-state index contributed by atoms with van der Waals surface area (Å²) < 4.78 is 0. The highest BCUT2D eigenvalue weighted by atomic mass is 15.1. The molecule has 1 atom stereocenters. The number of nitrogens with zero attached hydrogens (tertiary/aromatic N) is 1. The van der Waals surface area contributed by atoms with Gasteiger partial charge in [0, 0.05) is 13.1 Å². The molecule has 0 aliphatic carbocycles. The van der Waals surface area contributed by atoms with Crippen LogP contribution in [0.25, 0.3) is 0 Å². The quantitative estimate of drug-likeness (QED) is 0.655. The maximum atomic E-state index is 5.59. The normalized spacial score (nSPS) is 26.7. The molecule has 0 unspecified atom stereocenters. The number of hydrogen-bond acceptors (Lipinski definition) is 2. The molecule has 0 spiro atoms. The van der Waals surface area contributed by atoms with E-state index in [1.807, 2.05) is 0 Å². The Bertz CT molecular complexity index is 112. The third-order valence-corrected chi connectivity index (χ3v) is 2.24. The maximum Gasteiger partial charge on any atom is 0.00384 e. The second-order valence-electron chi connectivity index (χ2n) is 3.83. The van der Waals surface area contributed by atoms with E-state index in [1.54, 1.807) is 0 Å². The van der Waals surface area contributed by atoms with Crippen LogP contribution >= 0.6 is 0 Å². The standard InChI is InChI=1S/C9H19N2/c1-8(2)6-11-4-3-9(5-10)7-11/h9H,3-7,10H2,1-2H3/t9-/m0/s1. The first-order valence-electron chi connectivity index (χ1n) is 4.44. The van der Waals surface area contributed by atoms with Gasteiger partial charge in [0.1, 0.15) is 0 Å². The van der Waals surface area contributed by atoms with E-state index in [0.717, 1.165) is 19.0 Å². The lowest BCUT2D eigenvalue weighted by molar-refractivity contribution is 0.338. The molecule has 0 aromatic rings. The molecule has 2 heteroatoms. The average molecular weight is 155 g/mol. The van der Waals surface area contributed by atoms with E-state index < -0.39 is 0 Å². The van der Waals surface area contributed by atoms with E-state index in [0.29, 0.717) is 0 Å². The molecule has 1 aliphatic heterocycles. The monoisotopic (exact) mass is 155 g/mol. The summed E-state index contributed by atoms with van der Waals surface area (Å²) >= 11 is 0. The highest BCUT2D eigenvalue weighted by Gasteiger charge is 2.21. The maximum absolute atomic E-state index is 5.59. The Morgan fingerprint density at radius 3 is 2.73 bits per heavy atom. The molecule has 1 saturated heterocycles. The van der Waals surface area contributed by atoms with Gasteiger partial charge < -0.3 is 10.6 Å². The first kappa shape index (κ1) is 9.01. The van der Waals surface area contributed by atoms with Crippen molar-refractivity contribution in [2.75, 3.05) is 26.2 Å². The van der Waals surface area contributed by atoms with Gasteiger partial charge in [-0.25, -0.2) is 0 Å². The minimum Gasteiger partial charge on any atom is -0.330 e. The van der Waals surface area contributed by atoms with Gasteiger partial charge in [0.05, 0.1) is 0 Å². The molecule has 0 aromatic heterocycles. The largest absolute Gasteiger partial charge is 0.330 e. The molecule has 0 aromatic carbocycles. The zero-order valence-corrected chi connectivity index (χ0v) is 7.64. The highest BCUT2D eigenvalue weighted by Crippen LogP contribution is 2.16. The summed E-state index contributed by atoms with van der Waals surface area (Å²) in [7, 11) is 0. The fraction of sp³-hybridized carbons (Fsp3) is 0.889. The fourth-order valence-electron chi connectivity index (χ4n) is 1.70. The van der Waals surface area contributed by atoms with E-state index in [1.165, 1.54) is 25.4 Å². The van der Waals surface area contributed by atoms with Crippen LogP contribution in [-0.4, -0.2) is 31.1 Å². The minimum atomic E-state index is 0.759. The lowest BCUT2D eigenvalue weighted by Gasteiger charge is -2.17. The van der Waals surface area contributed by atoms with Crippen molar-refractivity contribution in [2.24, 2.45) is 11.7 Å². The molecule has 1 radical (unpaired) electrons. The Kier molecular flexibility index (Phi) is 3.34. The van der Waals surface area contributed by atoms with E-state index in [2.05, 4.69) is 18.7 Å². The third-order valence-electron chi connectivity index (χ3n) is 2.24. The zero-order chi connectivity index (χ0) is 8.27. The zero-order valence-electron chi connectivity index (χ0n) is 7.64. The van der Waals surface area contributed by atoms with Crippen LogP contribution in [0.4, 0.5) is 0 Å². The van der Waals surface area contributed by atoms with Crippen LogP contribution in [0.15, 0.2) is 0 Å². The Labute approximate surface area is 69.8 Å². The molecule has 11 heavy (non-hydrogen) atoms. The molecule has 1 fully saturated rings. The Balaban J connectivity index is 2.19. The van der Waals surface area contributed by atoms with Gasteiger partial charge in [-0.1, -0.05) is 13.8 Å². The molecule has 65 valence electrons. The topological polar surface area (TPSA) is 29.3 Å². The number of nitrogens with two attached hydrogens (primary N) is 1. The van der Waals surface area contributed by atoms with E-state index >= 15 is 0 Å². The van der Waals surface area contributed by atoms with Crippen LogP contribution < -0.4 is 5.73 Å². The van der Waals surface area contributed by atoms with Gasteiger partial charge in [0.15, 0.2) is 0 Å². The van der Waals surface area contributed by atoms with E-state index in [9.17, 15) is 0 Å². The molecule has 1 rings (SSSR count). The van der Waals surface area contributed by atoms with Gasteiger partial charge in [-0.2, -0.15) is 0 Å². The van der Waals surface area contributed by atoms with E-state index in [4.69, 9.17) is 5.73 Å². The molecule has 1 heterocycles. The molecule has 0 bridgehead atoms. The van der Waals surface area contributed by atoms with Crippen molar-refractivity contribution in [3.63, 3.8) is 0 Å². The Morgan fingerprint density at radius 2 is 2.27 bits per heavy atom. The molecular formula is C9H19N2. The van der Waals surface area contributed by atoms with Crippen molar-refractivity contribution in [3.8, 4) is 0 Å². The van der Waals surface area contributed by atoms with Crippen molar-refractivity contribution < 1.29 is 0 Å². The van der Waals surface area contributed by atoms with Crippen molar-refractivity contribution >= 4 is 0 Å². The van der Waals surface area contributed by atoms with Crippen LogP contribution in [-0.2, 0) is 0 Å². The average Bonchev–Trinajstić information content (AvgIpc) is 2.34. The highest BCUT2D eigenvalue weighted by molar-refractivity contribution is 4.86. The second-order valence-corrected chi connectivity index (χ2v) is 3.83. The van der Waals surface area contributed by atoms with Gasteiger partial charge in [0.25, 0.3) is 0 Å². The summed E-state index contributed by atoms with van der Waals surface area (Å²) in [6.45, 7) is 8.86. The predicted octanol–water partition coefficient (Wildman–Crippen LogP) is 0.881. The molecule has 2 N–H and O–H groups in total. The number of hydrogen-bond donors (Lipinski definition) is 1.